The van der Waals surface area contributed by atoms with Crippen molar-refractivity contribution in [2.75, 3.05) is 19.7 Å². The predicted molar refractivity (Wildman–Crippen MR) is 92.6 cm³/mol. The summed E-state index contributed by atoms with van der Waals surface area (Å²) >= 11 is 0. The van der Waals surface area contributed by atoms with Gasteiger partial charge in [-0.3, -0.25) is 4.79 Å². The average molecular weight is 372 g/mol. The fourth-order valence-electron chi connectivity index (χ4n) is 3.89. The maximum Gasteiger partial charge on any atom is 0.260 e. The largest absolute Gasteiger partial charge is 0.484 e. The van der Waals surface area contributed by atoms with E-state index in [9.17, 15) is 9.18 Å². The summed E-state index contributed by atoms with van der Waals surface area (Å²) in [7, 11) is 0. The third-order valence-electron chi connectivity index (χ3n) is 5.60. The molecule has 8 heteroatoms. The highest BCUT2D eigenvalue weighted by atomic mass is 19.1. The van der Waals surface area contributed by atoms with Crippen molar-refractivity contribution in [3.8, 4) is 5.75 Å². The highest BCUT2D eigenvalue weighted by Crippen LogP contribution is 2.41. The lowest BCUT2D eigenvalue weighted by atomic mass is 10.0. The molecule has 1 aromatic heterocycles. The van der Waals surface area contributed by atoms with Gasteiger partial charge in [-0.15, -0.1) is 10.2 Å². The van der Waals surface area contributed by atoms with Gasteiger partial charge in [0.15, 0.2) is 12.4 Å². The molecule has 7 nitrogen and oxygen atoms in total. The molecule has 2 aliphatic heterocycles. The molecule has 1 unspecified atom stereocenters. The molecule has 5 rings (SSSR count). The van der Waals surface area contributed by atoms with Crippen molar-refractivity contribution in [1.29, 1.82) is 0 Å². The maximum atomic E-state index is 12.9. The van der Waals surface area contributed by atoms with Gasteiger partial charge >= 0.3 is 0 Å². The lowest BCUT2D eigenvalue weighted by Crippen LogP contribution is -2.45. The van der Waals surface area contributed by atoms with Gasteiger partial charge in [0, 0.05) is 12.5 Å². The summed E-state index contributed by atoms with van der Waals surface area (Å²) in [5.41, 5.74) is -0.370. The minimum Gasteiger partial charge on any atom is -0.484 e. The van der Waals surface area contributed by atoms with Gasteiger partial charge < -0.3 is 18.9 Å². The third kappa shape index (κ3) is 3.18. The molecule has 1 spiro atoms. The van der Waals surface area contributed by atoms with Crippen LogP contribution in [-0.2, 0) is 22.7 Å². The van der Waals surface area contributed by atoms with Gasteiger partial charge in [0.25, 0.3) is 5.91 Å². The molecule has 27 heavy (non-hydrogen) atoms. The van der Waals surface area contributed by atoms with E-state index < -0.39 is 0 Å². The fraction of sp³-hybridized carbons (Fsp3) is 0.526. The third-order valence-corrected chi connectivity index (χ3v) is 5.60. The summed E-state index contributed by atoms with van der Waals surface area (Å²) in [5, 5.41) is 8.60. The maximum absolute atomic E-state index is 12.9. The first-order valence-electron chi connectivity index (χ1n) is 9.34. The number of rotatable bonds is 4. The number of carbonyl (C=O) groups is 1. The molecular weight excluding hydrogens is 351 g/mol. The van der Waals surface area contributed by atoms with Crippen LogP contribution in [0.25, 0.3) is 0 Å². The monoisotopic (exact) mass is 372 g/mol. The van der Waals surface area contributed by atoms with Crippen LogP contribution in [0.3, 0.4) is 0 Å². The number of ether oxygens (including phenoxy) is 2. The topological polar surface area (TPSA) is 69.5 Å². The summed E-state index contributed by atoms with van der Waals surface area (Å²) < 4.78 is 26.8. The number of halogens is 1. The van der Waals surface area contributed by atoms with Crippen LogP contribution in [-0.4, -0.2) is 50.9 Å². The van der Waals surface area contributed by atoms with Gasteiger partial charge in [0.1, 0.15) is 29.6 Å². The molecule has 3 heterocycles. The predicted octanol–water partition coefficient (Wildman–Crippen LogP) is 1.87. The molecule has 1 atom stereocenters. The van der Waals surface area contributed by atoms with Crippen LogP contribution in [0.5, 0.6) is 5.75 Å². The number of benzene rings is 1. The minimum absolute atomic E-state index is 0.0626. The lowest BCUT2D eigenvalue weighted by Gasteiger charge is -2.34. The van der Waals surface area contributed by atoms with E-state index >= 15 is 0 Å². The Morgan fingerprint density at radius 2 is 2.07 bits per heavy atom. The SMILES string of the molecule is O=C(COc1ccc(F)cc1)N1CCC2(C1)Cn1c(nnc1C1CC1)CO2. The second-order valence-electron chi connectivity index (χ2n) is 7.61. The van der Waals surface area contributed by atoms with Crippen molar-refractivity contribution in [1.82, 2.24) is 19.7 Å². The van der Waals surface area contributed by atoms with Crippen LogP contribution in [0.4, 0.5) is 4.39 Å². The average Bonchev–Trinajstić information content (AvgIpc) is 3.31. The molecule has 1 aliphatic carbocycles. The summed E-state index contributed by atoms with van der Waals surface area (Å²) in [5.74, 6) is 2.55. The number of aromatic nitrogens is 3. The van der Waals surface area contributed by atoms with Crippen LogP contribution < -0.4 is 4.74 Å². The molecule has 1 saturated heterocycles. The lowest BCUT2D eigenvalue weighted by molar-refractivity contribution is -0.135. The molecule has 2 aromatic rings. The van der Waals surface area contributed by atoms with E-state index in [2.05, 4.69) is 14.8 Å². The molecular formula is C19H21FN4O3. The van der Waals surface area contributed by atoms with Crippen LogP contribution in [0.2, 0.25) is 0 Å². The zero-order chi connectivity index (χ0) is 18.4. The Morgan fingerprint density at radius 1 is 1.26 bits per heavy atom. The van der Waals surface area contributed by atoms with Gasteiger partial charge in [-0.25, -0.2) is 4.39 Å². The number of fused-ring (bicyclic) bond motifs is 1. The molecule has 0 bridgehead atoms. The number of hydrogen-bond acceptors (Lipinski definition) is 5. The van der Waals surface area contributed by atoms with E-state index in [-0.39, 0.29) is 23.9 Å². The second kappa shape index (κ2) is 6.30. The molecule has 0 radical (unpaired) electrons. The Kier molecular flexibility index (Phi) is 3.89. The van der Waals surface area contributed by atoms with Crippen molar-refractivity contribution in [3.63, 3.8) is 0 Å². The van der Waals surface area contributed by atoms with Crippen molar-refractivity contribution >= 4 is 5.91 Å². The zero-order valence-corrected chi connectivity index (χ0v) is 14.9. The van der Waals surface area contributed by atoms with Gasteiger partial charge in [0.05, 0.1) is 13.1 Å². The van der Waals surface area contributed by atoms with E-state index in [1.165, 1.54) is 37.1 Å². The van der Waals surface area contributed by atoms with E-state index in [1.807, 2.05) is 0 Å². The van der Waals surface area contributed by atoms with Gasteiger partial charge in [-0.05, 0) is 43.5 Å². The number of nitrogens with zero attached hydrogens (tertiary/aromatic N) is 4. The van der Waals surface area contributed by atoms with E-state index in [1.54, 1.807) is 4.90 Å². The Balaban J connectivity index is 1.22. The highest BCUT2D eigenvalue weighted by molar-refractivity contribution is 5.78. The Hall–Kier alpha value is -2.48. The van der Waals surface area contributed by atoms with Crippen molar-refractivity contribution < 1.29 is 18.7 Å². The summed E-state index contributed by atoms with van der Waals surface area (Å²) in [6.45, 7) is 2.26. The zero-order valence-electron chi connectivity index (χ0n) is 14.9. The molecule has 1 saturated carbocycles. The molecule has 0 N–H and O–H groups in total. The molecule has 2 fully saturated rings. The Bertz CT molecular complexity index is 864. The molecule has 3 aliphatic rings. The quantitative estimate of drug-likeness (QED) is 0.820. The first kappa shape index (κ1) is 16.7. The van der Waals surface area contributed by atoms with Crippen molar-refractivity contribution in [2.45, 2.75) is 43.9 Å². The molecule has 1 aromatic carbocycles. The first-order chi connectivity index (χ1) is 13.1. The van der Waals surface area contributed by atoms with Gasteiger partial charge in [0.2, 0.25) is 0 Å². The van der Waals surface area contributed by atoms with Crippen molar-refractivity contribution in [3.05, 3.63) is 41.7 Å². The minimum atomic E-state index is -0.370. The van der Waals surface area contributed by atoms with Crippen LogP contribution in [0, 0.1) is 5.82 Å². The van der Waals surface area contributed by atoms with Crippen LogP contribution in [0.15, 0.2) is 24.3 Å². The standard InChI is InChI=1S/C19H21FN4O3/c20-14-3-5-15(6-4-14)26-10-17(25)23-8-7-19(11-23)12-24-16(9-27-19)21-22-18(24)13-1-2-13/h3-6,13H,1-2,7-12H2. The van der Waals surface area contributed by atoms with Crippen LogP contribution in [0.1, 0.15) is 36.8 Å². The van der Waals surface area contributed by atoms with E-state index in [0.29, 0.717) is 37.9 Å². The van der Waals surface area contributed by atoms with E-state index in [4.69, 9.17) is 9.47 Å². The number of carbonyl (C=O) groups excluding carboxylic acids is 1. The van der Waals surface area contributed by atoms with E-state index in [0.717, 1.165) is 18.1 Å². The van der Waals surface area contributed by atoms with Crippen molar-refractivity contribution in [2.24, 2.45) is 0 Å². The normalized spacial score (nSPS) is 24.3. The highest BCUT2D eigenvalue weighted by Gasteiger charge is 2.45. The Morgan fingerprint density at radius 3 is 2.85 bits per heavy atom. The second-order valence-corrected chi connectivity index (χ2v) is 7.61. The summed E-state index contributed by atoms with van der Waals surface area (Å²) in [6.07, 6.45) is 3.14. The number of likely N-dealkylation sites (tertiary alicyclic amines) is 1. The van der Waals surface area contributed by atoms with Gasteiger partial charge in [-0.2, -0.15) is 0 Å². The summed E-state index contributed by atoms with van der Waals surface area (Å²) in [4.78, 5) is 14.3. The van der Waals surface area contributed by atoms with Crippen LogP contribution >= 0.6 is 0 Å². The fourth-order valence-corrected chi connectivity index (χ4v) is 3.89. The number of hydrogen-bond donors (Lipinski definition) is 0. The number of amides is 1. The first-order valence-corrected chi connectivity index (χ1v) is 9.34. The molecule has 1 amide bonds. The molecule has 142 valence electrons. The van der Waals surface area contributed by atoms with Gasteiger partial charge in [-0.1, -0.05) is 0 Å². The Labute approximate surface area is 156 Å². The summed E-state index contributed by atoms with van der Waals surface area (Å²) in [6, 6.07) is 5.67. The smallest absolute Gasteiger partial charge is 0.260 e.